The summed E-state index contributed by atoms with van der Waals surface area (Å²) >= 11 is 6.06. The Balaban J connectivity index is 1.81. The van der Waals surface area contributed by atoms with E-state index in [1.807, 2.05) is 64.6 Å². The zero-order chi connectivity index (χ0) is 25.7. The second-order valence-electron chi connectivity index (χ2n) is 9.89. The van der Waals surface area contributed by atoms with Crippen molar-refractivity contribution in [2.45, 2.75) is 53.2 Å². The Hall–Kier alpha value is -3.20. The van der Waals surface area contributed by atoms with Crippen LogP contribution in [-0.4, -0.2) is 56.8 Å². The van der Waals surface area contributed by atoms with Gasteiger partial charge in [-0.05, 0) is 58.7 Å². The maximum Gasteiger partial charge on any atom is 0.410 e. The van der Waals surface area contributed by atoms with Crippen molar-refractivity contribution in [1.82, 2.24) is 19.4 Å². The molecule has 0 spiro atoms. The Morgan fingerprint density at radius 2 is 1.83 bits per heavy atom. The number of rotatable bonds is 2. The number of fused-ring (bicyclic) bond motifs is 1. The number of anilines is 1. The molecule has 0 saturated carbocycles. The van der Waals surface area contributed by atoms with Crippen LogP contribution in [0.1, 0.15) is 38.8 Å². The molecular formula is C25H29ClFN5O3. The van der Waals surface area contributed by atoms with Gasteiger partial charge < -0.3 is 14.5 Å². The number of nitrogens with zero attached hydrogens (tertiary/aromatic N) is 5. The third-order valence-corrected chi connectivity index (χ3v) is 6.24. The average Bonchev–Trinajstić information content (AvgIpc) is 2.75. The molecule has 186 valence electrons. The number of aryl methyl sites for hydroxylation is 2. The molecule has 0 N–H and O–H groups in total. The van der Waals surface area contributed by atoms with E-state index in [2.05, 4.69) is 9.97 Å². The summed E-state index contributed by atoms with van der Waals surface area (Å²) in [6, 6.07) is 6.73. The molecule has 1 fully saturated rings. The summed E-state index contributed by atoms with van der Waals surface area (Å²) in [5.41, 5.74) is 1.43. The summed E-state index contributed by atoms with van der Waals surface area (Å²) in [7, 11) is 0. The molecular weight excluding hydrogens is 473 g/mol. The van der Waals surface area contributed by atoms with E-state index in [9.17, 15) is 14.0 Å². The zero-order valence-electron chi connectivity index (χ0n) is 20.7. The van der Waals surface area contributed by atoms with Gasteiger partial charge in [0.25, 0.3) is 0 Å². The number of aromatic nitrogens is 3. The van der Waals surface area contributed by atoms with Crippen molar-refractivity contribution in [1.29, 1.82) is 0 Å². The standard InChI is InChI=1S/C25H29ClFN5O3/c1-14-8-7-9-15(2)19(14)32-22-17(12-18(27)20(26)28-22)21(29-23(32)33)31-11-10-30(13-16(31)3)24(34)35-25(4,5)6/h7-9,12,16H,10-11,13H2,1-6H3/t16-/m0/s1. The van der Waals surface area contributed by atoms with Crippen LogP contribution in [0, 0.1) is 19.7 Å². The monoisotopic (exact) mass is 501 g/mol. The van der Waals surface area contributed by atoms with Gasteiger partial charge in [0.2, 0.25) is 0 Å². The number of pyridine rings is 1. The lowest BCUT2D eigenvalue weighted by atomic mass is 10.1. The topological polar surface area (TPSA) is 80.6 Å². The summed E-state index contributed by atoms with van der Waals surface area (Å²) in [6.07, 6.45) is -0.397. The highest BCUT2D eigenvalue weighted by molar-refractivity contribution is 6.30. The number of hydrogen-bond acceptors (Lipinski definition) is 6. The summed E-state index contributed by atoms with van der Waals surface area (Å²) in [5, 5.41) is 0.0450. The summed E-state index contributed by atoms with van der Waals surface area (Å²) in [6.45, 7) is 12.3. The van der Waals surface area contributed by atoms with Crippen LogP contribution >= 0.6 is 11.6 Å². The molecule has 1 saturated heterocycles. The van der Waals surface area contributed by atoms with Gasteiger partial charge in [-0.25, -0.2) is 23.5 Å². The van der Waals surface area contributed by atoms with Crippen LogP contribution in [0.2, 0.25) is 5.15 Å². The maximum atomic E-state index is 14.6. The molecule has 0 unspecified atom stereocenters. The third-order valence-electron chi connectivity index (χ3n) is 5.97. The number of ether oxygens (including phenoxy) is 1. The Labute approximate surface area is 208 Å². The third kappa shape index (κ3) is 4.82. The predicted octanol–water partition coefficient (Wildman–Crippen LogP) is 4.64. The minimum Gasteiger partial charge on any atom is -0.444 e. The fraction of sp³-hybridized carbons (Fsp3) is 0.440. The van der Waals surface area contributed by atoms with Crippen molar-refractivity contribution < 1.29 is 13.9 Å². The first-order chi connectivity index (χ1) is 16.4. The molecule has 3 aromatic rings. The fourth-order valence-corrected chi connectivity index (χ4v) is 4.56. The van der Waals surface area contributed by atoms with E-state index in [0.29, 0.717) is 36.5 Å². The molecule has 1 aromatic carbocycles. The SMILES string of the molecule is Cc1cccc(C)c1-n1c(=O)nc(N2CCN(C(=O)OC(C)(C)C)C[C@@H]2C)c2cc(F)c(Cl)nc21. The van der Waals surface area contributed by atoms with Gasteiger partial charge >= 0.3 is 11.8 Å². The minimum atomic E-state index is -0.700. The Morgan fingerprint density at radius 3 is 2.43 bits per heavy atom. The van der Waals surface area contributed by atoms with E-state index in [4.69, 9.17) is 16.3 Å². The number of amides is 1. The molecule has 8 nitrogen and oxygen atoms in total. The van der Waals surface area contributed by atoms with Crippen molar-refractivity contribution in [3.05, 3.63) is 56.8 Å². The smallest absolute Gasteiger partial charge is 0.410 e. The number of para-hydroxylation sites is 1. The molecule has 1 amide bonds. The second-order valence-corrected chi connectivity index (χ2v) is 10.3. The van der Waals surface area contributed by atoms with Crippen LogP contribution < -0.4 is 10.6 Å². The lowest BCUT2D eigenvalue weighted by molar-refractivity contribution is 0.0218. The van der Waals surface area contributed by atoms with Crippen LogP contribution in [0.3, 0.4) is 0 Å². The fourth-order valence-electron chi connectivity index (χ4n) is 4.43. The van der Waals surface area contributed by atoms with Crippen LogP contribution in [0.4, 0.5) is 15.0 Å². The first kappa shape index (κ1) is 24.9. The van der Waals surface area contributed by atoms with E-state index < -0.39 is 23.2 Å². The lowest BCUT2D eigenvalue weighted by Crippen LogP contribution is -2.55. The van der Waals surface area contributed by atoms with Gasteiger partial charge in [0, 0.05) is 25.7 Å². The Bertz CT molecular complexity index is 1350. The molecule has 0 bridgehead atoms. The summed E-state index contributed by atoms with van der Waals surface area (Å²) < 4.78 is 21.5. The average molecular weight is 502 g/mol. The Kier molecular flexibility index (Phi) is 6.48. The van der Waals surface area contributed by atoms with Gasteiger partial charge in [0.15, 0.2) is 16.6 Å². The quantitative estimate of drug-likeness (QED) is 0.476. The van der Waals surface area contributed by atoms with Crippen molar-refractivity contribution in [2.24, 2.45) is 0 Å². The zero-order valence-corrected chi connectivity index (χ0v) is 21.5. The van der Waals surface area contributed by atoms with Crippen molar-refractivity contribution in [2.75, 3.05) is 24.5 Å². The highest BCUT2D eigenvalue weighted by atomic mass is 35.5. The summed E-state index contributed by atoms with van der Waals surface area (Å²) in [4.78, 5) is 38.1. The van der Waals surface area contributed by atoms with Crippen LogP contribution in [0.5, 0.6) is 0 Å². The maximum absolute atomic E-state index is 14.6. The number of piperazine rings is 1. The lowest BCUT2D eigenvalue weighted by Gasteiger charge is -2.41. The van der Waals surface area contributed by atoms with Gasteiger partial charge in [-0.1, -0.05) is 29.8 Å². The van der Waals surface area contributed by atoms with Crippen molar-refractivity contribution in [3.8, 4) is 5.69 Å². The number of hydrogen-bond donors (Lipinski definition) is 0. The predicted molar refractivity (Wildman–Crippen MR) is 134 cm³/mol. The van der Waals surface area contributed by atoms with Gasteiger partial charge in [-0.2, -0.15) is 4.98 Å². The van der Waals surface area contributed by atoms with Crippen molar-refractivity contribution in [3.63, 3.8) is 0 Å². The van der Waals surface area contributed by atoms with Gasteiger partial charge in [0.1, 0.15) is 11.4 Å². The largest absolute Gasteiger partial charge is 0.444 e. The molecule has 2 aromatic heterocycles. The molecule has 1 aliphatic heterocycles. The molecule has 10 heteroatoms. The molecule has 1 atom stereocenters. The highest BCUT2D eigenvalue weighted by Gasteiger charge is 2.32. The van der Waals surface area contributed by atoms with E-state index >= 15 is 0 Å². The Morgan fingerprint density at radius 1 is 1.17 bits per heavy atom. The van der Waals surface area contributed by atoms with Gasteiger partial charge in [-0.15, -0.1) is 0 Å². The molecule has 0 radical (unpaired) electrons. The molecule has 3 heterocycles. The van der Waals surface area contributed by atoms with Crippen LogP contribution in [0.25, 0.3) is 16.7 Å². The van der Waals surface area contributed by atoms with Gasteiger partial charge in [-0.3, -0.25) is 0 Å². The van der Waals surface area contributed by atoms with E-state index in [1.54, 1.807) is 4.90 Å². The van der Waals surface area contributed by atoms with Gasteiger partial charge in [0.05, 0.1) is 11.1 Å². The number of benzene rings is 1. The highest BCUT2D eigenvalue weighted by Crippen LogP contribution is 2.31. The van der Waals surface area contributed by atoms with Crippen molar-refractivity contribution >= 4 is 34.5 Å². The number of halogens is 2. The molecule has 4 rings (SSSR count). The summed E-state index contributed by atoms with van der Waals surface area (Å²) in [5.74, 6) is -0.388. The van der Waals surface area contributed by atoms with E-state index in [-0.39, 0.29) is 16.8 Å². The first-order valence-electron chi connectivity index (χ1n) is 11.5. The van der Waals surface area contributed by atoms with E-state index in [0.717, 1.165) is 11.1 Å². The van der Waals surface area contributed by atoms with E-state index in [1.165, 1.54) is 10.6 Å². The molecule has 35 heavy (non-hydrogen) atoms. The number of carbonyl (C=O) groups is 1. The molecule has 0 aliphatic carbocycles. The second kappa shape index (κ2) is 9.11. The minimum absolute atomic E-state index is 0.207. The normalized spacial score (nSPS) is 16.6. The van der Waals surface area contributed by atoms with Crippen LogP contribution in [-0.2, 0) is 4.74 Å². The number of carbonyl (C=O) groups excluding carboxylic acids is 1. The molecule has 1 aliphatic rings. The first-order valence-corrected chi connectivity index (χ1v) is 11.8. The van der Waals surface area contributed by atoms with Crippen LogP contribution in [0.15, 0.2) is 29.1 Å².